The molecule has 16 heavy (non-hydrogen) atoms. The number of amides is 3. The Morgan fingerprint density at radius 3 is 2.38 bits per heavy atom. The van der Waals surface area contributed by atoms with Crippen molar-refractivity contribution >= 4 is 11.9 Å². The SMILES string of the molecule is N#CC(C(=O)NNC(N)=O)c1ccccc1. The average Bonchev–Trinajstić information content (AvgIpc) is 2.29. The van der Waals surface area contributed by atoms with Gasteiger partial charge in [-0.1, -0.05) is 30.3 Å². The fourth-order valence-corrected chi connectivity index (χ4v) is 1.13. The van der Waals surface area contributed by atoms with Crippen molar-refractivity contribution in [1.29, 1.82) is 5.26 Å². The molecule has 6 nitrogen and oxygen atoms in total. The molecule has 3 amide bonds. The largest absolute Gasteiger partial charge is 0.350 e. The number of hydrogen-bond acceptors (Lipinski definition) is 3. The molecular weight excluding hydrogens is 208 g/mol. The van der Waals surface area contributed by atoms with Gasteiger partial charge in [-0.2, -0.15) is 5.26 Å². The van der Waals surface area contributed by atoms with E-state index in [1.54, 1.807) is 30.3 Å². The van der Waals surface area contributed by atoms with E-state index in [1.165, 1.54) is 0 Å². The van der Waals surface area contributed by atoms with E-state index in [4.69, 9.17) is 11.0 Å². The van der Waals surface area contributed by atoms with E-state index in [2.05, 4.69) is 0 Å². The summed E-state index contributed by atoms with van der Waals surface area (Å²) in [5.41, 5.74) is 9.29. The summed E-state index contributed by atoms with van der Waals surface area (Å²) in [6, 6.07) is 9.46. The van der Waals surface area contributed by atoms with Crippen molar-refractivity contribution in [3.05, 3.63) is 35.9 Å². The number of primary amides is 1. The third kappa shape index (κ3) is 2.99. The molecule has 0 radical (unpaired) electrons. The van der Waals surface area contributed by atoms with Crippen molar-refractivity contribution in [2.24, 2.45) is 5.73 Å². The van der Waals surface area contributed by atoms with Gasteiger partial charge in [0, 0.05) is 0 Å². The number of carbonyl (C=O) groups excluding carboxylic acids is 2. The number of nitrogens with one attached hydrogen (secondary N) is 2. The third-order valence-corrected chi connectivity index (χ3v) is 1.83. The molecule has 4 N–H and O–H groups in total. The first kappa shape index (κ1) is 11.5. The topological polar surface area (TPSA) is 108 Å². The molecule has 0 aliphatic carbocycles. The summed E-state index contributed by atoms with van der Waals surface area (Å²) in [7, 11) is 0. The number of nitriles is 1. The van der Waals surface area contributed by atoms with Gasteiger partial charge in [0.25, 0.3) is 5.91 Å². The van der Waals surface area contributed by atoms with Gasteiger partial charge in [0.1, 0.15) is 0 Å². The van der Waals surface area contributed by atoms with Crippen LogP contribution < -0.4 is 16.6 Å². The highest BCUT2D eigenvalue weighted by molar-refractivity contribution is 5.88. The minimum atomic E-state index is -0.979. The molecule has 0 aromatic heterocycles. The summed E-state index contributed by atoms with van der Waals surface area (Å²) in [4.78, 5) is 21.8. The van der Waals surface area contributed by atoms with Crippen LogP contribution >= 0.6 is 0 Å². The van der Waals surface area contributed by atoms with E-state index in [0.29, 0.717) is 5.56 Å². The zero-order valence-electron chi connectivity index (χ0n) is 8.31. The highest BCUT2D eigenvalue weighted by Gasteiger charge is 2.19. The molecule has 1 aromatic carbocycles. The van der Waals surface area contributed by atoms with Crippen molar-refractivity contribution in [3.8, 4) is 6.07 Å². The van der Waals surface area contributed by atoms with Crippen LogP contribution in [0.1, 0.15) is 11.5 Å². The fraction of sp³-hybridized carbons (Fsp3) is 0.100. The first-order valence-corrected chi connectivity index (χ1v) is 4.45. The van der Waals surface area contributed by atoms with Crippen LogP contribution in [0, 0.1) is 11.3 Å². The smallest absolute Gasteiger partial charge is 0.330 e. The molecule has 0 aliphatic heterocycles. The second kappa shape index (κ2) is 5.36. The molecule has 0 fully saturated rings. The van der Waals surface area contributed by atoms with Gasteiger partial charge in [-0.05, 0) is 5.56 Å². The summed E-state index contributed by atoms with van der Waals surface area (Å²) < 4.78 is 0. The average molecular weight is 218 g/mol. The number of benzene rings is 1. The molecule has 82 valence electrons. The first-order chi connectivity index (χ1) is 7.65. The normalized spacial score (nSPS) is 10.9. The molecule has 0 saturated heterocycles. The van der Waals surface area contributed by atoms with Crippen molar-refractivity contribution in [2.75, 3.05) is 0 Å². The summed E-state index contributed by atoms with van der Waals surface area (Å²) in [6.07, 6.45) is 0. The first-order valence-electron chi connectivity index (χ1n) is 4.45. The van der Waals surface area contributed by atoms with Crippen LogP contribution in [-0.2, 0) is 4.79 Å². The van der Waals surface area contributed by atoms with Crippen molar-refractivity contribution in [1.82, 2.24) is 10.9 Å². The van der Waals surface area contributed by atoms with E-state index in [-0.39, 0.29) is 0 Å². The maximum atomic E-state index is 11.5. The molecular formula is C10H10N4O2. The second-order valence-electron chi connectivity index (χ2n) is 2.95. The van der Waals surface area contributed by atoms with Crippen molar-refractivity contribution in [2.45, 2.75) is 5.92 Å². The van der Waals surface area contributed by atoms with Gasteiger partial charge in [-0.25, -0.2) is 10.2 Å². The highest BCUT2D eigenvalue weighted by Crippen LogP contribution is 2.13. The summed E-state index contributed by atoms with van der Waals surface area (Å²) in [5, 5.41) is 8.86. The number of hydrazine groups is 1. The van der Waals surface area contributed by atoms with Gasteiger partial charge >= 0.3 is 6.03 Å². The predicted octanol–water partition coefficient (Wildman–Crippen LogP) is -0.00672. The van der Waals surface area contributed by atoms with Crippen LogP contribution in [0.15, 0.2) is 30.3 Å². The lowest BCUT2D eigenvalue weighted by Crippen LogP contribution is -2.46. The zero-order chi connectivity index (χ0) is 12.0. The van der Waals surface area contributed by atoms with Crippen molar-refractivity contribution < 1.29 is 9.59 Å². The molecule has 1 atom stereocenters. The number of hydrogen-bond donors (Lipinski definition) is 3. The number of nitrogens with two attached hydrogens (primary N) is 1. The molecule has 0 aliphatic rings. The van der Waals surface area contributed by atoms with Gasteiger partial charge < -0.3 is 5.73 Å². The number of rotatable bonds is 2. The molecule has 0 heterocycles. The lowest BCUT2D eigenvalue weighted by molar-refractivity contribution is -0.122. The molecule has 6 heteroatoms. The van der Waals surface area contributed by atoms with Gasteiger partial charge in [0.15, 0.2) is 5.92 Å². The summed E-state index contributed by atoms with van der Waals surface area (Å²) in [5.74, 6) is -1.61. The summed E-state index contributed by atoms with van der Waals surface area (Å²) in [6.45, 7) is 0. The maximum absolute atomic E-state index is 11.5. The third-order valence-electron chi connectivity index (χ3n) is 1.83. The van der Waals surface area contributed by atoms with Gasteiger partial charge in [-0.15, -0.1) is 0 Å². The molecule has 1 aromatic rings. The Hall–Kier alpha value is -2.55. The number of nitrogens with zero attached hydrogens (tertiary/aromatic N) is 1. The summed E-state index contributed by atoms with van der Waals surface area (Å²) >= 11 is 0. The predicted molar refractivity (Wildman–Crippen MR) is 55.7 cm³/mol. The van der Waals surface area contributed by atoms with E-state index in [9.17, 15) is 9.59 Å². The molecule has 0 bridgehead atoms. The number of urea groups is 1. The Morgan fingerprint density at radius 2 is 1.88 bits per heavy atom. The standard InChI is InChI=1S/C10H10N4O2/c11-6-8(7-4-2-1-3-5-7)9(15)13-14-10(12)16/h1-5,8H,(H,13,15)(H3,12,14,16). The van der Waals surface area contributed by atoms with Crippen LogP contribution in [0.25, 0.3) is 0 Å². The Balaban J connectivity index is 2.73. The second-order valence-corrected chi connectivity index (χ2v) is 2.95. The Bertz CT molecular complexity index is 424. The van der Waals surface area contributed by atoms with E-state index < -0.39 is 17.9 Å². The van der Waals surface area contributed by atoms with Crippen LogP contribution in [-0.4, -0.2) is 11.9 Å². The Kier molecular flexibility index (Phi) is 3.86. The van der Waals surface area contributed by atoms with Gasteiger partial charge in [-0.3, -0.25) is 10.2 Å². The van der Waals surface area contributed by atoms with Crippen LogP contribution in [0.2, 0.25) is 0 Å². The zero-order valence-corrected chi connectivity index (χ0v) is 8.31. The molecule has 0 spiro atoms. The minimum absolute atomic E-state index is 0.550. The van der Waals surface area contributed by atoms with Crippen LogP contribution in [0.5, 0.6) is 0 Å². The van der Waals surface area contributed by atoms with Crippen LogP contribution in [0.4, 0.5) is 4.79 Å². The maximum Gasteiger partial charge on any atom is 0.330 e. The Morgan fingerprint density at radius 1 is 1.25 bits per heavy atom. The fourth-order valence-electron chi connectivity index (χ4n) is 1.13. The van der Waals surface area contributed by atoms with Crippen molar-refractivity contribution in [3.63, 3.8) is 0 Å². The molecule has 1 rings (SSSR count). The quantitative estimate of drug-likeness (QED) is 0.607. The van der Waals surface area contributed by atoms with E-state index >= 15 is 0 Å². The van der Waals surface area contributed by atoms with E-state index in [1.807, 2.05) is 16.9 Å². The Labute approximate surface area is 92.0 Å². The van der Waals surface area contributed by atoms with Gasteiger partial charge in [0.2, 0.25) is 0 Å². The lowest BCUT2D eigenvalue weighted by Gasteiger charge is -2.09. The number of carbonyl (C=O) groups is 2. The minimum Gasteiger partial charge on any atom is -0.350 e. The molecule has 1 unspecified atom stereocenters. The highest BCUT2D eigenvalue weighted by atomic mass is 16.2. The lowest BCUT2D eigenvalue weighted by atomic mass is 10.0. The van der Waals surface area contributed by atoms with E-state index in [0.717, 1.165) is 0 Å². The monoisotopic (exact) mass is 218 g/mol. The van der Waals surface area contributed by atoms with Crippen LogP contribution in [0.3, 0.4) is 0 Å². The molecule has 0 saturated carbocycles. The van der Waals surface area contributed by atoms with Gasteiger partial charge in [0.05, 0.1) is 6.07 Å².